The van der Waals surface area contributed by atoms with Gasteiger partial charge < -0.3 is 10.3 Å². The lowest BCUT2D eigenvalue weighted by Gasteiger charge is -2.11. The van der Waals surface area contributed by atoms with E-state index in [2.05, 4.69) is 15.3 Å². The second-order valence-corrected chi connectivity index (χ2v) is 3.74. The van der Waals surface area contributed by atoms with E-state index in [4.69, 9.17) is 0 Å². The molecule has 1 aromatic heterocycles. The lowest BCUT2D eigenvalue weighted by atomic mass is 10.2. The van der Waals surface area contributed by atoms with E-state index in [1.807, 2.05) is 13.8 Å². The number of nitrogens with zero attached hydrogens (tertiary/aromatic N) is 3. The summed E-state index contributed by atoms with van der Waals surface area (Å²) in [6.07, 6.45) is 0. The van der Waals surface area contributed by atoms with Crippen molar-refractivity contribution in [2.24, 2.45) is 4.99 Å². The maximum atomic E-state index is 11.6. The Morgan fingerprint density at radius 2 is 2.25 bits per heavy atom. The monoisotopic (exact) mass is 219 g/mol. The zero-order valence-corrected chi connectivity index (χ0v) is 8.97. The van der Waals surface area contributed by atoms with E-state index in [-0.39, 0.29) is 11.9 Å². The highest BCUT2D eigenvalue weighted by molar-refractivity contribution is 5.93. The van der Waals surface area contributed by atoms with Crippen LogP contribution in [0, 0.1) is 5.21 Å². The van der Waals surface area contributed by atoms with Gasteiger partial charge in [0.15, 0.2) is 0 Å². The topological polar surface area (TPSA) is 91.0 Å². The number of hydrogen-bond acceptors (Lipinski definition) is 4. The van der Waals surface area contributed by atoms with Gasteiger partial charge in [-0.15, -0.1) is 0 Å². The number of aromatic nitrogens is 3. The molecule has 0 aliphatic rings. The Hall–Kier alpha value is -2.11. The lowest BCUT2D eigenvalue weighted by Crippen LogP contribution is -2.28. The molecule has 0 spiro atoms. The predicted octanol–water partition coefficient (Wildman–Crippen LogP) is -0.288. The van der Waals surface area contributed by atoms with Gasteiger partial charge in [0.2, 0.25) is 11.0 Å². The standard InChI is InChI=1S/C10H12N4O2/c1-6(2)11-10(15)7-3-4-8-9(5-7)14(16)13-12-8/h3-6,13H,1-2H3,(H,11,15)/p-1. The van der Waals surface area contributed by atoms with Gasteiger partial charge in [-0.05, 0) is 37.4 Å². The molecule has 1 heterocycles. The zero-order chi connectivity index (χ0) is 11.7. The van der Waals surface area contributed by atoms with E-state index >= 15 is 0 Å². The highest BCUT2D eigenvalue weighted by Gasteiger charge is 2.08. The zero-order valence-electron chi connectivity index (χ0n) is 8.97. The van der Waals surface area contributed by atoms with E-state index in [1.54, 1.807) is 12.1 Å². The van der Waals surface area contributed by atoms with E-state index in [0.29, 0.717) is 21.4 Å². The van der Waals surface area contributed by atoms with Crippen LogP contribution in [0.3, 0.4) is 0 Å². The largest absolute Gasteiger partial charge is 0.858 e. The molecule has 0 saturated heterocycles. The Kier molecular flexibility index (Phi) is 2.47. The fraction of sp³-hybridized carbons (Fsp3) is 0.300. The molecule has 84 valence electrons. The quantitative estimate of drug-likeness (QED) is 0.325. The highest BCUT2D eigenvalue weighted by atomic mass is 16.5. The Balaban J connectivity index is 2.50. The van der Waals surface area contributed by atoms with Crippen molar-refractivity contribution >= 4 is 16.9 Å². The smallest absolute Gasteiger partial charge is 0.249 e. The third kappa shape index (κ3) is 1.81. The maximum absolute atomic E-state index is 11.6. The van der Waals surface area contributed by atoms with Gasteiger partial charge in [-0.25, -0.2) is 0 Å². The number of H-pyrrole nitrogens is 1. The normalized spacial score (nSPS) is 12.6. The molecule has 0 atom stereocenters. The van der Waals surface area contributed by atoms with Crippen LogP contribution in [0.4, 0.5) is 0 Å². The summed E-state index contributed by atoms with van der Waals surface area (Å²) in [5.41, 5.74) is 1.26. The molecule has 0 radical (unpaired) electrons. The van der Waals surface area contributed by atoms with Gasteiger partial charge in [-0.1, -0.05) is 5.21 Å². The highest BCUT2D eigenvalue weighted by Crippen LogP contribution is 2.09. The van der Waals surface area contributed by atoms with Crippen LogP contribution in [0.2, 0.25) is 0 Å². The molecule has 0 unspecified atom stereocenters. The Bertz CT molecular complexity index is 545. The van der Waals surface area contributed by atoms with Gasteiger partial charge in [0.05, 0.1) is 0 Å². The molecule has 6 nitrogen and oxygen atoms in total. The van der Waals surface area contributed by atoms with Gasteiger partial charge >= 0.3 is 0 Å². The van der Waals surface area contributed by atoms with E-state index in [0.717, 1.165) is 0 Å². The molecular weight excluding hydrogens is 208 g/mol. The third-order valence-corrected chi connectivity index (χ3v) is 2.08. The molecule has 0 bridgehead atoms. The van der Waals surface area contributed by atoms with Crippen molar-refractivity contribution < 1.29 is 9.95 Å². The van der Waals surface area contributed by atoms with Crippen molar-refractivity contribution in [1.29, 1.82) is 0 Å². The second kappa shape index (κ2) is 3.80. The average molecular weight is 219 g/mol. The van der Waals surface area contributed by atoms with Gasteiger partial charge in [0, 0.05) is 17.2 Å². The summed E-state index contributed by atoms with van der Waals surface area (Å²) in [6.45, 7) is 3.64. The van der Waals surface area contributed by atoms with Crippen LogP contribution < -0.4 is 9.95 Å². The number of rotatable bonds is 2. The number of benzene rings is 1. The molecule has 0 aliphatic heterocycles. The third-order valence-electron chi connectivity index (χ3n) is 2.08. The molecule has 6 heteroatoms. The summed E-state index contributed by atoms with van der Waals surface area (Å²) in [4.78, 5) is 4.40. The number of hydrogen-bond donors (Lipinski definition) is 1. The average Bonchev–Trinajstić information content (AvgIpc) is 2.59. The first kappa shape index (κ1) is 10.4. The number of aromatic amines is 1. The van der Waals surface area contributed by atoms with Crippen LogP contribution >= 0.6 is 0 Å². The van der Waals surface area contributed by atoms with Crippen LogP contribution in [-0.4, -0.2) is 22.3 Å². The summed E-state index contributed by atoms with van der Waals surface area (Å²) in [5.74, 6) is -0.321. The van der Waals surface area contributed by atoms with Crippen LogP contribution in [-0.2, 0) is 0 Å². The second-order valence-electron chi connectivity index (χ2n) is 3.74. The molecule has 2 aromatic rings. The molecule has 16 heavy (non-hydrogen) atoms. The first-order valence-electron chi connectivity index (χ1n) is 4.91. The van der Waals surface area contributed by atoms with E-state index < -0.39 is 0 Å². The van der Waals surface area contributed by atoms with Crippen molar-refractivity contribution in [1.82, 2.24) is 10.3 Å². The summed E-state index contributed by atoms with van der Waals surface area (Å²) >= 11 is 0. The molecule has 2 rings (SSSR count). The van der Waals surface area contributed by atoms with Crippen molar-refractivity contribution in [3.63, 3.8) is 0 Å². The van der Waals surface area contributed by atoms with Crippen molar-refractivity contribution in [3.8, 4) is 0 Å². The van der Waals surface area contributed by atoms with E-state index in [1.165, 1.54) is 6.07 Å². The van der Waals surface area contributed by atoms with E-state index in [9.17, 15) is 10.3 Å². The van der Waals surface area contributed by atoms with Gasteiger partial charge in [0.25, 0.3) is 0 Å². The fourth-order valence-corrected chi connectivity index (χ4v) is 1.38. The van der Waals surface area contributed by atoms with Crippen LogP contribution in [0.5, 0.6) is 0 Å². The number of aliphatic imine (C=N–C) groups is 1. The summed E-state index contributed by atoms with van der Waals surface area (Å²) in [5, 5.41) is 28.9. The fourth-order valence-electron chi connectivity index (χ4n) is 1.38. The predicted molar refractivity (Wildman–Crippen MR) is 56.7 cm³/mol. The van der Waals surface area contributed by atoms with Gasteiger partial charge in [-0.3, -0.25) is 4.99 Å². The molecule has 0 saturated carbocycles. The Morgan fingerprint density at radius 3 is 2.94 bits per heavy atom. The SMILES string of the molecule is CC(C)N=C([O-])c1ccc2n[nH][n+]([O-])c2c1. The first-order chi connectivity index (χ1) is 7.58. The molecule has 1 N–H and O–H groups in total. The molecule has 0 fully saturated rings. The Labute approximate surface area is 91.8 Å². The minimum atomic E-state index is -0.321. The van der Waals surface area contributed by atoms with Crippen molar-refractivity contribution in [2.45, 2.75) is 19.9 Å². The van der Waals surface area contributed by atoms with Crippen LogP contribution in [0.15, 0.2) is 23.2 Å². The van der Waals surface area contributed by atoms with Gasteiger partial charge in [-0.2, -0.15) is 4.85 Å². The number of nitrogens with one attached hydrogen (secondary N) is 1. The minimum absolute atomic E-state index is 0.0630. The first-order valence-corrected chi connectivity index (χ1v) is 4.91. The van der Waals surface area contributed by atoms with Gasteiger partial charge in [0.1, 0.15) is 0 Å². The summed E-state index contributed by atoms with van der Waals surface area (Å²) in [6, 6.07) is 4.65. The number of fused-ring (bicyclic) bond motifs is 1. The van der Waals surface area contributed by atoms with Crippen LogP contribution in [0.25, 0.3) is 11.0 Å². The minimum Gasteiger partial charge on any atom is -0.858 e. The Morgan fingerprint density at radius 1 is 1.50 bits per heavy atom. The summed E-state index contributed by atoms with van der Waals surface area (Å²) in [7, 11) is 0. The van der Waals surface area contributed by atoms with Crippen LogP contribution in [0.1, 0.15) is 19.4 Å². The molecule has 1 aromatic carbocycles. The molecule has 0 amide bonds. The molecule has 0 aliphatic carbocycles. The molecular formula is C10H11N4O2-. The van der Waals surface area contributed by atoms with Crippen molar-refractivity contribution in [3.05, 3.63) is 29.0 Å². The van der Waals surface area contributed by atoms with Crippen molar-refractivity contribution in [2.75, 3.05) is 0 Å². The maximum Gasteiger partial charge on any atom is 0.249 e. The lowest BCUT2D eigenvalue weighted by molar-refractivity contribution is -0.644. The summed E-state index contributed by atoms with van der Waals surface area (Å²) < 4.78 is 0.